The summed E-state index contributed by atoms with van der Waals surface area (Å²) in [6, 6.07) is 7.18. The molecule has 0 spiro atoms. The fourth-order valence-electron chi connectivity index (χ4n) is 1.75. The number of carbonyl (C=O) groups is 1. The van der Waals surface area contributed by atoms with Crippen LogP contribution in [0.2, 0.25) is 0 Å². The summed E-state index contributed by atoms with van der Waals surface area (Å²) >= 11 is 1.28. The minimum absolute atomic E-state index is 0.147. The molecule has 0 fully saturated rings. The molecule has 2 heterocycles. The lowest BCUT2D eigenvalue weighted by atomic mass is 10.2. The Hall–Kier alpha value is -2.80. The first-order chi connectivity index (χ1) is 10.7. The highest BCUT2D eigenvalue weighted by molar-refractivity contribution is 7.13. The van der Waals surface area contributed by atoms with Gasteiger partial charge in [0, 0.05) is 29.4 Å². The molecule has 5 nitrogen and oxygen atoms in total. The van der Waals surface area contributed by atoms with Crippen LogP contribution in [0.25, 0.3) is 0 Å². The van der Waals surface area contributed by atoms with Gasteiger partial charge in [-0.25, -0.2) is 9.37 Å². The topological polar surface area (TPSA) is 64.1 Å². The number of hydrogen-bond donors (Lipinski definition) is 1. The van der Waals surface area contributed by atoms with Crippen molar-refractivity contribution in [1.82, 2.24) is 9.97 Å². The molecule has 1 aromatic carbocycles. The van der Waals surface area contributed by atoms with Gasteiger partial charge in [0.05, 0.1) is 6.20 Å². The molecule has 0 saturated carbocycles. The Kier molecular flexibility index (Phi) is 4.06. The van der Waals surface area contributed by atoms with E-state index in [2.05, 4.69) is 15.3 Å². The van der Waals surface area contributed by atoms with E-state index in [0.717, 1.165) is 6.07 Å². The second-order valence-electron chi connectivity index (χ2n) is 4.26. The second-order valence-corrected chi connectivity index (χ2v) is 5.15. The van der Waals surface area contributed by atoms with Gasteiger partial charge in [0.2, 0.25) is 0 Å². The first-order valence-electron chi connectivity index (χ1n) is 6.30. The van der Waals surface area contributed by atoms with Crippen molar-refractivity contribution in [3.05, 3.63) is 65.7 Å². The Morgan fingerprint density at radius 3 is 2.86 bits per heavy atom. The van der Waals surface area contributed by atoms with Crippen molar-refractivity contribution in [2.24, 2.45) is 0 Å². The monoisotopic (exact) mass is 315 g/mol. The molecule has 1 N–H and O–H groups in total. The molecule has 0 bridgehead atoms. The van der Waals surface area contributed by atoms with Crippen molar-refractivity contribution in [3.63, 3.8) is 0 Å². The van der Waals surface area contributed by atoms with E-state index in [9.17, 15) is 9.18 Å². The lowest BCUT2D eigenvalue weighted by molar-refractivity contribution is 0.102. The molecular weight excluding hydrogens is 305 g/mol. The molecule has 0 aliphatic carbocycles. The molecule has 22 heavy (non-hydrogen) atoms. The molecular formula is C15H10FN3O2S. The van der Waals surface area contributed by atoms with Crippen molar-refractivity contribution in [2.45, 2.75) is 0 Å². The summed E-state index contributed by atoms with van der Waals surface area (Å²) in [5.41, 5.74) is 0.147. The molecule has 3 aromatic rings. The normalized spacial score (nSPS) is 10.2. The van der Waals surface area contributed by atoms with Crippen molar-refractivity contribution < 1.29 is 13.9 Å². The van der Waals surface area contributed by atoms with Crippen LogP contribution in [0.5, 0.6) is 11.5 Å². The number of pyridine rings is 1. The molecule has 0 radical (unpaired) electrons. The molecule has 3 rings (SSSR count). The number of nitrogens with one attached hydrogen (secondary N) is 1. The quantitative estimate of drug-likeness (QED) is 0.797. The summed E-state index contributed by atoms with van der Waals surface area (Å²) in [6.07, 6.45) is 4.67. The van der Waals surface area contributed by atoms with Gasteiger partial charge in [-0.15, -0.1) is 11.3 Å². The Labute approximate surface area is 129 Å². The van der Waals surface area contributed by atoms with Gasteiger partial charge in [-0.1, -0.05) is 0 Å². The van der Waals surface area contributed by atoms with E-state index in [4.69, 9.17) is 4.74 Å². The Balaban J connectivity index is 1.81. The van der Waals surface area contributed by atoms with Crippen LogP contribution < -0.4 is 10.1 Å². The minimum Gasteiger partial charge on any atom is -0.456 e. The standard InChI is InChI=1S/C15H10FN3O2S/c16-11-6-10(14(20)19-15-18-4-5-22-15)7-13(8-11)21-12-2-1-3-17-9-12/h1-9H,(H,18,19,20). The summed E-state index contributed by atoms with van der Waals surface area (Å²) in [6.45, 7) is 0. The molecule has 0 atom stereocenters. The number of ether oxygens (including phenoxy) is 1. The molecule has 0 aliphatic heterocycles. The lowest BCUT2D eigenvalue weighted by Crippen LogP contribution is -2.12. The number of hydrogen-bond acceptors (Lipinski definition) is 5. The number of halogens is 1. The van der Waals surface area contributed by atoms with Gasteiger partial charge in [-0.05, 0) is 24.3 Å². The van der Waals surface area contributed by atoms with E-state index in [1.54, 1.807) is 29.9 Å². The second kappa shape index (κ2) is 6.31. The molecule has 0 unspecified atom stereocenters. The third kappa shape index (κ3) is 3.44. The Morgan fingerprint density at radius 2 is 2.14 bits per heavy atom. The van der Waals surface area contributed by atoms with Crippen LogP contribution in [0.3, 0.4) is 0 Å². The summed E-state index contributed by atoms with van der Waals surface area (Å²) < 4.78 is 19.2. The minimum atomic E-state index is -0.564. The van der Waals surface area contributed by atoms with Crippen LogP contribution in [0.1, 0.15) is 10.4 Å². The average molecular weight is 315 g/mol. The molecule has 1 amide bonds. The number of nitrogens with zero attached hydrogens (tertiary/aromatic N) is 2. The molecule has 0 saturated heterocycles. The number of carbonyl (C=O) groups excluding carboxylic acids is 1. The van der Waals surface area contributed by atoms with Gasteiger partial charge in [0.25, 0.3) is 5.91 Å². The van der Waals surface area contributed by atoms with Crippen molar-refractivity contribution in [2.75, 3.05) is 5.32 Å². The zero-order valence-corrected chi connectivity index (χ0v) is 12.0. The van der Waals surface area contributed by atoms with Gasteiger partial charge in [-0.2, -0.15) is 0 Å². The van der Waals surface area contributed by atoms with E-state index in [1.165, 1.54) is 29.7 Å². The first-order valence-corrected chi connectivity index (χ1v) is 7.18. The van der Waals surface area contributed by atoms with E-state index in [0.29, 0.717) is 10.9 Å². The smallest absolute Gasteiger partial charge is 0.257 e. The van der Waals surface area contributed by atoms with Crippen molar-refractivity contribution in [1.29, 1.82) is 0 Å². The Morgan fingerprint density at radius 1 is 1.23 bits per heavy atom. The summed E-state index contributed by atoms with van der Waals surface area (Å²) in [5, 5.41) is 4.77. The first kappa shape index (κ1) is 14.2. The summed E-state index contributed by atoms with van der Waals surface area (Å²) in [5.74, 6) is -0.340. The van der Waals surface area contributed by atoms with Crippen LogP contribution in [-0.2, 0) is 0 Å². The van der Waals surface area contributed by atoms with Gasteiger partial charge >= 0.3 is 0 Å². The van der Waals surface area contributed by atoms with Crippen molar-refractivity contribution >= 4 is 22.4 Å². The predicted molar refractivity (Wildman–Crippen MR) is 80.8 cm³/mol. The SMILES string of the molecule is O=C(Nc1nccs1)c1cc(F)cc(Oc2cccnc2)c1. The van der Waals surface area contributed by atoms with Gasteiger partial charge in [-0.3, -0.25) is 15.1 Å². The molecule has 110 valence electrons. The van der Waals surface area contributed by atoms with Crippen LogP contribution in [-0.4, -0.2) is 15.9 Å². The van der Waals surface area contributed by atoms with Crippen LogP contribution in [0.4, 0.5) is 9.52 Å². The maximum absolute atomic E-state index is 13.7. The Bertz CT molecular complexity index is 779. The predicted octanol–water partition coefficient (Wildman–Crippen LogP) is 3.72. The highest BCUT2D eigenvalue weighted by Gasteiger charge is 2.11. The highest BCUT2D eigenvalue weighted by atomic mass is 32.1. The maximum Gasteiger partial charge on any atom is 0.257 e. The molecule has 0 aliphatic rings. The number of benzene rings is 1. The largest absolute Gasteiger partial charge is 0.456 e. The van der Waals surface area contributed by atoms with E-state index in [-0.39, 0.29) is 11.3 Å². The third-order valence-corrected chi connectivity index (χ3v) is 3.34. The van der Waals surface area contributed by atoms with E-state index >= 15 is 0 Å². The van der Waals surface area contributed by atoms with Crippen LogP contribution in [0.15, 0.2) is 54.3 Å². The van der Waals surface area contributed by atoms with Crippen LogP contribution >= 0.6 is 11.3 Å². The average Bonchev–Trinajstić information content (AvgIpc) is 3.00. The number of amides is 1. The molecule has 2 aromatic heterocycles. The maximum atomic E-state index is 13.7. The van der Waals surface area contributed by atoms with Gasteiger partial charge in [0.15, 0.2) is 5.13 Å². The third-order valence-electron chi connectivity index (χ3n) is 2.66. The van der Waals surface area contributed by atoms with Gasteiger partial charge in [0.1, 0.15) is 17.3 Å². The number of aromatic nitrogens is 2. The summed E-state index contributed by atoms with van der Waals surface area (Å²) in [4.78, 5) is 19.9. The van der Waals surface area contributed by atoms with E-state index in [1.807, 2.05) is 0 Å². The lowest BCUT2D eigenvalue weighted by Gasteiger charge is -2.08. The number of thiazole rings is 1. The van der Waals surface area contributed by atoms with E-state index < -0.39 is 11.7 Å². The summed E-state index contributed by atoms with van der Waals surface area (Å²) in [7, 11) is 0. The zero-order valence-electron chi connectivity index (χ0n) is 11.2. The van der Waals surface area contributed by atoms with Gasteiger partial charge < -0.3 is 4.74 Å². The fraction of sp³-hybridized carbons (Fsp3) is 0. The number of rotatable bonds is 4. The number of anilines is 1. The fourth-order valence-corrected chi connectivity index (χ4v) is 2.27. The van der Waals surface area contributed by atoms with Crippen LogP contribution in [0, 0.1) is 5.82 Å². The van der Waals surface area contributed by atoms with Crippen molar-refractivity contribution in [3.8, 4) is 11.5 Å². The highest BCUT2D eigenvalue weighted by Crippen LogP contribution is 2.23. The molecule has 7 heteroatoms. The zero-order chi connectivity index (χ0) is 15.4.